The number of esters is 1. The lowest BCUT2D eigenvalue weighted by Crippen LogP contribution is -2.53. The van der Waals surface area contributed by atoms with E-state index in [-0.39, 0.29) is 41.8 Å². The summed E-state index contributed by atoms with van der Waals surface area (Å²) in [5.74, 6) is 0.00453. The smallest absolute Gasteiger partial charge is 0.309 e. The van der Waals surface area contributed by atoms with Crippen LogP contribution in [-0.4, -0.2) is 35.0 Å². The van der Waals surface area contributed by atoms with Gasteiger partial charge < -0.3 is 14.9 Å². The zero-order valence-electron chi connectivity index (χ0n) is 11.5. The molecule has 1 heterocycles. The summed E-state index contributed by atoms with van der Waals surface area (Å²) in [6, 6.07) is 0. The van der Waals surface area contributed by atoms with Crippen molar-refractivity contribution < 1.29 is 19.7 Å². The van der Waals surface area contributed by atoms with E-state index in [9.17, 15) is 15.0 Å². The summed E-state index contributed by atoms with van der Waals surface area (Å²) in [6.07, 6.45) is 3.73. The van der Waals surface area contributed by atoms with Crippen LogP contribution in [0.5, 0.6) is 0 Å². The summed E-state index contributed by atoms with van der Waals surface area (Å²) >= 11 is 0. The largest absolute Gasteiger partial charge is 0.461 e. The molecule has 0 amide bonds. The molecule has 0 spiro atoms. The molecule has 1 aliphatic heterocycles. The molecule has 0 aromatic heterocycles. The van der Waals surface area contributed by atoms with Gasteiger partial charge in [-0.25, -0.2) is 0 Å². The summed E-state index contributed by atoms with van der Waals surface area (Å²) in [5.41, 5.74) is 0.655. The van der Waals surface area contributed by atoms with Crippen molar-refractivity contribution in [1.82, 2.24) is 0 Å². The van der Waals surface area contributed by atoms with Crippen LogP contribution in [0.3, 0.4) is 0 Å². The highest BCUT2D eigenvalue weighted by molar-refractivity contribution is 5.75. The zero-order chi connectivity index (χ0) is 13.8. The number of aliphatic hydroxyl groups excluding tert-OH is 2. The summed E-state index contributed by atoms with van der Waals surface area (Å²) < 4.78 is 5.59. The van der Waals surface area contributed by atoms with Gasteiger partial charge >= 0.3 is 5.97 Å². The lowest BCUT2D eigenvalue weighted by Gasteiger charge is -2.52. The summed E-state index contributed by atoms with van der Waals surface area (Å²) in [6.45, 7) is 3.98. The average molecular weight is 266 g/mol. The zero-order valence-corrected chi connectivity index (χ0v) is 11.5. The van der Waals surface area contributed by atoms with E-state index in [1.807, 2.05) is 13.0 Å². The molecular formula is C15H22O4. The standard InChI is InChI=1S/C15H22O4/c1-8-10-5-6-15(2)11(17)4-3-9(7-16)12(15)13(10)19-14(8)18/h3,8,10-13,16-17H,4-7H2,1-2H3. The Labute approximate surface area is 113 Å². The van der Waals surface area contributed by atoms with Crippen molar-refractivity contribution >= 4 is 5.97 Å². The Kier molecular flexibility index (Phi) is 2.98. The summed E-state index contributed by atoms with van der Waals surface area (Å²) in [4.78, 5) is 11.8. The third-order valence-corrected chi connectivity index (χ3v) is 5.69. The first kappa shape index (κ1) is 13.1. The minimum Gasteiger partial charge on any atom is -0.461 e. The van der Waals surface area contributed by atoms with Crippen molar-refractivity contribution in [3.63, 3.8) is 0 Å². The van der Waals surface area contributed by atoms with E-state index in [1.54, 1.807) is 0 Å². The van der Waals surface area contributed by atoms with Gasteiger partial charge in [0.25, 0.3) is 0 Å². The first-order valence-corrected chi connectivity index (χ1v) is 7.17. The number of hydrogen-bond donors (Lipinski definition) is 2. The maximum atomic E-state index is 11.8. The van der Waals surface area contributed by atoms with Crippen LogP contribution >= 0.6 is 0 Å². The van der Waals surface area contributed by atoms with Crippen LogP contribution in [-0.2, 0) is 9.53 Å². The highest BCUT2D eigenvalue weighted by Crippen LogP contribution is 2.56. The number of rotatable bonds is 1. The number of aliphatic hydroxyl groups is 2. The fraction of sp³-hybridized carbons (Fsp3) is 0.800. The monoisotopic (exact) mass is 266 g/mol. The Balaban J connectivity index is 2.01. The molecule has 1 saturated heterocycles. The molecular weight excluding hydrogens is 244 g/mol. The molecule has 19 heavy (non-hydrogen) atoms. The van der Waals surface area contributed by atoms with Gasteiger partial charge in [-0.15, -0.1) is 0 Å². The molecule has 0 aromatic carbocycles. The normalized spacial score (nSPS) is 49.2. The van der Waals surface area contributed by atoms with Gasteiger partial charge in [0.05, 0.1) is 18.6 Å². The van der Waals surface area contributed by atoms with Crippen molar-refractivity contribution in [2.24, 2.45) is 23.2 Å². The summed E-state index contributed by atoms with van der Waals surface area (Å²) in [7, 11) is 0. The van der Waals surface area contributed by atoms with Gasteiger partial charge in [0, 0.05) is 17.3 Å². The van der Waals surface area contributed by atoms with Crippen molar-refractivity contribution in [3.05, 3.63) is 11.6 Å². The molecule has 6 atom stereocenters. The van der Waals surface area contributed by atoms with Gasteiger partial charge in [-0.1, -0.05) is 19.9 Å². The van der Waals surface area contributed by atoms with E-state index >= 15 is 0 Å². The van der Waals surface area contributed by atoms with Gasteiger partial charge in [-0.05, 0) is 24.8 Å². The van der Waals surface area contributed by atoms with Crippen LogP contribution in [0.25, 0.3) is 0 Å². The SMILES string of the molecule is CC1C(=O)OC2C1CCC1(C)C(O)CC=C(CO)C21. The molecule has 2 N–H and O–H groups in total. The predicted molar refractivity (Wildman–Crippen MR) is 69.2 cm³/mol. The molecule has 4 nitrogen and oxygen atoms in total. The predicted octanol–water partition coefficient (Wildman–Crippen LogP) is 1.26. The van der Waals surface area contributed by atoms with Crippen LogP contribution in [0.4, 0.5) is 0 Å². The number of carbonyl (C=O) groups excluding carboxylic acids is 1. The molecule has 1 saturated carbocycles. The number of fused-ring (bicyclic) bond motifs is 3. The second-order valence-electron chi connectivity index (χ2n) is 6.56. The quantitative estimate of drug-likeness (QED) is 0.554. The Hall–Kier alpha value is -0.870. The van der Waals surface area contributed by atoms with E-state index in [4.69, 9.17) is 4.74 Å². The van der Waals surface area contributed by atoms with E-state index < -0.39 is 6.10 Å². The van der Waals surface area contributed by atoms with Crippen molar-refractivity contribution in [1.29, 1.82) is 0 Å². The van der Waals surface area contributed by atoms with Gasteiger partial charge in [0.15, 0.2) is 0 Å². The van der Waals surface area contributed by atoms with Gasteiger partial charge in [0.1, 0.15) is 6.10 Å². The fourth-order valence-electron chi connectivity index (χ4n) is 4.36. The molecule has 2 aliphatic carbocycles. The molecule has 0 bridgehead atoms. The van der Waals surface area contributed by atoms with Crippen LogP contribution in [0.1, 0.15) is 33.1 Å². The topological polar surface area (TPSA) is 66.8 Å². The Bertz CT molecular complexity index is 430. The van der Waals surface area contributed by atoms with Crippen molar-refractivity contribution in [2.75, 3.05) is 6.61 Å². The molecule has 3 aliphatic rings. The maximum absolute atomic E-state index is 11.8. The summed E-state index contributed by atoms with van der Waals surface area (Å²) in [5, 5.41) is 20.0. The number of carbonyl (C=O) groups is 1. The minimum atomic E-state index is -0.414. The van der Waals surface area contributed by atoms with Gasteiger partial charge in [0.2, 0.25) is 0 Å². The molecule has 0 aromatic rings. The van der Waals surface area contributed by atoms with Crippen LogP contribution < -0.4 is 0 Å². The molecule has 4 heteroatoms. The van der Waals surface area contributed by atoms with Crippen LogP contribution in [0.2, 0.25) is 0 Å². The average Bonchev–Trinajstić information content (AvgIpc) is 2.67. The first-order chi connectivity index (χ1) is 8.99. The Morgan fingerprint density at radius 3 is 2.95 bits per heavy atom. The highest BCUT2D eigenvalue weighted by Gasteiger charge is 2.58. The molecule has 0 radical (unpaired) electrons. The molecule has 6 unspecified atom stereocenters. The van der Waals surface area contributed by atoms with E-state index in [0.29, 0.717) is 6.42 Å². The lowest BCUT2D eigenvalue weighted by molar-refractivity contribution is -0.151. The second-order valence-corrected chi connectivity index (χ2v) is 6.56. The van der Waals surface area contributed by atoms with E-state index in [1.165, 1.54) is 0 Å². The molecule has 106 valence electrons. The van der Waals surface area contributed by atoms with Gasteiger partial charge in [-0.3, -0.25) is 4.79 Å². The van der Waals surface area contributed by atoms with Gasteiger partial charge in [-0.2, -0.15) is 0 Å². The van der Waals surface area contributed by atoms with Crippen LogP contribution in [0, 0.1) is 23.2 Å². The minimum absolute atomic E-state index is 0.0118. The van der Waals surface area contributed by atoms with Crippen molar-refractivity contribution in [2.45, 2.75) is 45.3 Å². The van der Waals surface area contributed by atoms with E-state index in [0.717, 1.165) is 18.4 Å². The Morgan fingerprint density at radius 2 is 2.26 bits per heavy atom. The maximum Gasteiger partial charge on any atom is 0.309 e. The van der Waals surface area contributed by atoms with Crippen molar-refractivity contribution in [3.8, 4) is 0 Å². The van der Waals surface area contributed by atoms with E-state index in [2.05, 4.69) is 6.92 Å². The van der Waals surface area contributed by atoms with Crippen LogP contribution in [0.15, 0.2) is 11.6 Å². The number of ether oxygens (including phenoxy) is 1. The first-order valence-electron chi connectivity index (χ1n) is 7.17. The Morgan fingerprint density at radius 1 is 1.53 bits per heavy atom. The molecule has 2 fully saturated rings. The third kappa shape index (κ3) is 1.69. The molecule has 3 rings (SSSR count). The highest BCUT2D eigenvalue weighted by atomic mass is 16.6. The third-order valence-electron chi connectivity index (χ3n) is 5.69. The number of hydrogen-bond acceptors (Lipinski definition) is 4. The second kappa shape index (κ2) is 4.32. The fourth-order valence-corrected chi connectivity index (χ4v) is 4.36. The lowest BCUT2D eigenvalue weighted by atomic mass is 9.55.